The Morgan fingerprint density at radius 1 is 1.05 bits per heavy atom. The van der Waals surface area contributed by atoms with Crippen LogP contribution in [-0.4, -0.2) is 61.9 Å². The summed E-state index contributed by atoms with van der Waals surface area (Å²) in [5.74, 6) is 0.515. The molecule has 4 aromatic rings. The molecule has 1 aliphatic rings. The maximum atomic E-state index is 12.6. The van der Waals surface area contributed by atoms with E-state index >= 15 is 0 Å². The van der Waals surface area contributed by atoms with Gasteiger partial charge >= 0.3 is 5.69 Å². The number of halogens is 1. The molecule has 10 nitrogen and oxygen atoms in total. The summed E-state index contributed by atoms with van der Waals surface area (Å²) in [6.45, 7) is 2.17. The normalized spacial score (nSPS) is 15.4. The van der Waals surface area contributed by atoms with Crippen molar-refractivity contribution in [3.05, 3.63) is 82.2 Å². The average Bonchev–Trinajstić information content (AvgIpc) is 3.32. The van der Waals surface area contributed by atoms with Crippen LogP contribution in [-0.2, 0) is 10.0 Å². The van der Waals surface area contributed by atoms with Gasteiger partial charge in [0, 0.05) is 42.1 Å². The number of nitrogens with zero attached hydrogens (tertiary/aromatic N) is 1. The molecule has 3 aromatic carbocycles. The molecule has 12 heteroatoms. The zero-order valence-electron chi connectivity index (χ0n) is 21.1. The van der Waals surface area contributed by atoms with Crippen molar-refractivity contribution in [2.45, 2.75) is 29.9 Å². The van der Waals surface area contributed by atoms with Gasteiger partial charge in [0.2, 0.25) is 0 Å². The van der Waals surface area contributed by atoms with Crippen molar-refractivity contribution in [2.24, 2.45) is 0 Å². The second-order valence-electron chi connectivity index (χ2n) is 9.50. The van der Waals surface area contributed by atoms with E-state index in [4.69, 9.17) is 16.3 Å². The number of rotatable bonds is 10. The minimum absolute atomic E-state index is 0.103. The van der Waals surface area contributed by atoms with E-state index < -0.39 is 16.1 Å². The first-order valence-corrected chi connectivity index (χ1v) is 14.5. The van der Waals surface area contributed by atoms with Gasteiger partial charge < -0.3 is 30.0 Å². The van der Waals surface area contributed by atoms with Crippen LogP contribution in [0.15, 0.2) is 76.4 Å². The molecule has 1 fully saturated rings. The zero-order valence-corrected chi connectivity index (χ0v) is 22.6. The standard InChI is InChI=1S/C27H30ClN5O5S/c28-18-3-1-4-23(15-18)39(36,37)32-20-7-9-21(10-8-20)33-13-11-19(12-14-33)29-16-22(34)17-38-25-6-2-5-24-26(25)31-27(35)30-24/h1-10,15,19,22,29,32,34H,11-14,16-17H2,(H2,30,31,35)/t22-/m0/s1. The number of hydrogen-bond acceptors (Lipinski definition) is 7. The fourth-order valence-corrected chi connectivity index (χ4v) is 5.99. The van der Waals surface area contributed by atoms with Gasteiger partial charge in [-0.25, -0.2) is 13.2 Å². The molecule has 39 heavy (non-hydrogen) atoms. The number of nitrogens with one attached hydrogen (secondary N) is 4. The number of fused-ring (bicyclic) bond motifs is 1. The van der Waals surface area contributed by atoms with Gasteiger partial charge in [-0.05, 0) is 67.4 Å². The zero-order chi connectivity index (χ0) is 27.4. The van der Waals surface area contributed by atoms with E-state index in [0.29, 0.717) is 34.0 Å². The third-order valence-electron chi connectivity index (χ3n) is 6.67. The van der Waals surface area contributed by atoms with E-state index in [1.165, 1.54) is 12.1 Å². The molecule has 1 atom stereocenters. The Hall–Kier alpha value is -3.51. The van der Waals surface area contributed by atoms with Crippen LogP contribution in [0.1, 0.15) is 12.8 Å². The maximum Gasteiger partial charge on any atom is 0.323 e. The fourth-order valence-electron chi connectivity index (χ4n) is 4.63. The molecule has 0 spiro atoms. The summed E-state index contributed by atoms with van der Waals surface area (Å²) in [4.78, 5) is 19.3. The number of hydrogen-bond donors (Lipinski definition) is 5. The van der Waals surface area contributed by atoms with Crippen molar-refractivity contribution in [1.29, 1.82) is 0 Å². The van der Waals surface area contributed by atoms with Gasteiger partial charge in [0.25, 0.3) is 10.0 Å². The van der Waals surface area contributed by atoms with Gasteiger partial charge in [0.1, 0.15) is 24.0 Å². The second kappa shape index (κ2) is 11.7. The minimum atomic E-state index is -3.72. The molecule has 1 aliphatic heterocycles. The average molecular weight is 572 g/mol. The fraction of sp³-hybridized carbons (Fsp3) is 0.296. The number of aromatic amines is 2. The van der Waals surface area contributed by atoms with Crippen LogP contribution in [0.4, 0.5) is 11.4 Å². The monoisotopic (exact) mass is 571 g/mol. The summed E-state index contributed by atoms with van der Waals surface area (Å²) in [6, 6.07) is 19.0. The number of aliphatic hydroxyl groups excluding tert-OH is 1. The highest BCUT2D eigenvalue weighted by Gasteiger charge is 2.21. The number of H-pyrrole nitrogens is 2. The second-order valence-corrected chi connectivity index (χ2v) is 11.6. The third kappa shape index (κ3) is 6.74. The number of aromatic nitrogens is 2. The van der Waals surface area contributed by atoms with E-state index in [0.717, 1.165) is 31.6 Å². The molecule has 5 N–H and O–H groups in total. The van der Waals surface area contributed by atoms with Gasteiger partial charge in [-0.2, -0.15) is 0 Å². The quantitative estimate of drug-likeness (QED) is 0.197. The van der Waals surface area contributed by atoms with E-state index in [2.05, 4.69) is 24.9 Å². The Morgan fingerprint density at radius 2 is 1.79 bits per heavy atom. The number of piperidine rings is 1. The molecule has 5 rings (SSSR count). The van der Waals surface area contributed by atoms with Crippen molar-refractivity contribution < 1.29 is 18.3 Å². The Morgan fingerprint density at radius 3 is 2.54 bits per heavy atom. The molecule has 0 bridgehead atoms. The summed E-state index contributed by atoms with van der Waals surface area (Å²) in [6.07, 6.45) is 1.11. The van der Waals surface area contributed by atoms with Gasteiger partial charge in [0.05, 0.1) is 10.4 Å². The lowest BCUT2D eigenvalue weighted by molar-refractivity contribution is 0.103. The Kier molecular flexibility index (Phi) is 8.12. The first-order chi connectivity index (χ1) is 18.8. The number of anilines is 2. The Labute approximate surface area is 231 Å². The van der Waals surface area contributed by atoms with E-state index in [-0.39, 0.29) is 23.2 Å². The van der Waals surface area contributed by atoms with Crippen molar-refractivity contribution in [3.8, 4) is 5.75 Å². The lowest BCUT2D eigenvalue weighted by Gasteiger charge is -2.34. The summed E-state index contributed by atoms with van der Waals surface area (Å²) in [5, 5.41) is 14.2. The van der Waals surface area contributed by atoms with E-state index in [1.807, 2.05) is 12.1 Å². The number of aliphatic hydroxyl groups is 1. The van der Waals surface area contributed by atoms with Crippen molar-refractivity contribution in [2.75, 3.05) is 35.9 Å². The topological polar surface area (TPSA) is 140 Å². The molecule has 0 saturated carbocycles. The number of imidazole rings is 1. The molecule has 1 saturated heterocycles. The van der Waals surface area contributed by atoms with Crippen LogP contribution in [0.25, 0.3) is 11.0 Å². The maximum absolute atomic E-state index is 12.6. The smallest absolute Gasteiger partial charge is 0.323 e. The van der Waals surface area contributed by atoms with E-state index in [1.54, 1.807) is 42.5 Å². The van der Waals surface area contributed by atoms with E-state index in [9.17, 15) is 18.3 Å². The minimum Gasteiger partial charge on any atom is -0.489 e. The first kappa shape index (κ1) is 27.1. The molecule has 0 amide bonds. The van der Waals surface area contributed by atoms with Crippen molar-refractivity contribution >= 4 is 44.0 Å². The van der Waals surface area contributed by atoms with Crippen LogP contribution in [0.3, 0.4) is 0 Å². The Balaban J connectivity index is 1.06. The lowest BCUT2D eigenvalue weighted by Crippen LogP contribution is -2.45. The van der Waals surface area contributed by atoms with Gasteiger partial charge in [-0.15, -0.1) is 0 Å². The van der Waals surface area contributed by atoms with Gasteiger partial charge in [-0.1, -0.05) is 23.7 Å². The molecular formula is C27H30ClN5O5S. The van der Waals surface area contributed by atoms with Crippen LogP contribution in [0, 0.1) is 0 Å². The van der Waals surface area contributed by atoms with Crippen LogP contribution in [0.2, 0.25) is 5.02 Å². The van der Waals surface area contributed by atoms with Crippen molar-refractivity contribution in [1.82, 2.24) is 15.3 Å². The predicted molar refractivity (Wildman–Crippen MR) is 152 cm³/mol. The number of ether oxygens (including phenoxy) is 1. The molecule has 0 aliphatic carbocycles. The predicted octanol–water partition coefficient (Wildman–Crippen LogP) is 3.31. The lowest BCUT2D eigenvalue weighted by atomic mass is 10.0. The third-order valence-corrected chi connectivity index (χ3v) is 8.29. The SMILES string of the molecule is O=c1[nH]c2cccc(OC[C@@H](O)CNC3CCN(c4ccc(NS(=O)(=O)c5cccc(Cl)c5)cc4)CC3)c2[nH]1. The van der Waals surface area contributed by atoms with Crippen LogP contribution in [0.5, 0.6) is 5.75 Å². The molecule has 1 aromatic heterocycles. The summed E-state index contributed by atoms with van der Waals surface area (Å²) >= 11 is 5.93. The highest BCUT2D eigenvalue weighted by atomic mass is 35.5. The van der Waals surface area contributed by atoms with Crippen molar-refractivity contribution in [3.63, 3.8) is 0 Å². The number of sulfonamides is 1. The van der Waals surface area contributed by atoms with Crippen LogP contribution < -0.4 is 25.4 Å². The first-order valence-electron chi connectivity index (χ1n) is 12.7. The Bertz CT molecular complexity index is 1580. The summed E-state index contributed by atoms with van der Waals surface area (Å²) in [5.41, 5.74) is 2.44. The molecular weight excluding hydrogens is 542 g/mol. The molecule has 206 valence electrons. The molecule has 2 heterocycles. The highest BCUT2D eigenvalue weighted by molar-refractivity contribution is 7.92. The molecule has 0 unspecified atom stereocenters. The number of para-hydroxylation sites is 1. The molecule has 0 radical (unpaired) electrons. The van der Waals surface area contributed by atoms with Gasteiger partial charge in [0.15, 0.2) is 0 Å². The van der Waals surface area contributed by atoms with Gasteiger partial charge in [-0.3, -0.25) is 4.72 Å². The van der Waals surface area contributed by atoms with Crippen LogP contribution >= 0.6 is 11.6 Å². The largest absolute Gasteiger partial charge is 0.489 e. The summed E-state index contributed by atoms with van der Waals surface area (Å²) in [7, 11) is -3.72. The summed E-state index contributed by atoms with van der Waals surface area (Å²) < 4.78 is 33.6. The number of benzene rings is 3. The highest BCUT2D eigenvalue weighted by Crippen LogP contribution is 2.25.